The lowest BCUT2D eigenvalue weighted by atomic mass is 9.97. The summed E-state index contributed by atoms with van der Waals surface area (Å²) in [4.78, 5) is 29.8. The number of rotatable bonds is 7. The van der Waals surface area contributed by atoms with Gasteiger partial charge in [0.1, 0.15) is 10.8 Å². The van der Waals surface area contributed by atoms with E-state index in [1.54, 1.807) is 0 Å². The van der Waals surface area contributed by atoms with Gasteiger partial charge in [0, 0.05) is 54.2 Å². The molecule has 1 saturated heterocycles. The molecule has 4 rings (SSSR count). The van der Waals surface area contributed by atoms with Gasteiger partial charge in [-0.05, 0) is 48.6 Å². The molecule has 0 atom stereocenters. The number of nitro benzene ring substituents is 1. The van der Waals surface area contributed by atoms with Crippen molar-refractivity contribution in [2.75, 3.05) is 24.5 Å². The minimum Gasteiger partial charge on any atom is -0.352 e. The molecule has 33 heavy (non-hydrogen) atoms. The van der Waals surface area contributed by atoms with Crippen LogP contribution in [0.25, 0.3) is 0 Å². The van der Waals surface area contributed by atoms with Gasteiger partial charge in [0.2, 0.25) is 5.13 Å². The first kappa shape index (κ1) is 23.4. The van der Waals surface area contributed by atoms with Crippen LogP contribution in [0.3, 0.4) is 0 Å². The number of amides is 1. The number of halogens is 2. The smallest absolute Gasteiger partial charge is 0.288 e. The van der Waals surface area contributed by atoms with Crippen molar-refractivity contribution < 1.29 is 9.72 Å². The second-order valence-electron chi connectivity index (χ2n) is 7.86. The monoisotopic (exact) mass is 505 g/mol. The predicted molar refractivity (Wildman–Crippen MR) is 130 cm³/mol. The summed E-state index contributed by atoms with van der Waals surface area (Å²) in [5.41, 5.74) is 1.07. The summed E-state index contributed by atoms with van der Waals surface area (Å²) in [6, 6.07) is 11.7. The van der Waals surface area contributed by atoms with E-state index in [4.69, 9.17) is 23.2 Å². The van der Waals surface area contributed by atoms with Gasteiger partial charge in [-0.2, -0.15) is 4.37 Å². The van der Waals surface area contributed by atoms with E-state index < -0.39 is 4.92 Å². The summed E-state index contributed by atoms with van der Waals surface area (Å²) in [6.07, 6.45) is 2.49. The number of nitrogens with zero attached hydrogens (tertiary/aromatic N) is 4. The summed E-state index contributed by atoms with van der Waals surface area (Å²) < 4.78 is 4.49. The van der Waals surface area contributed by atoms with E-state index in [0.29, 0.717) is 23.9 Å². The van der Waals surface area contributed by atoms with E-state index in [1.165, 1.54) is 29.7 Å². The van der Waals surface area contributed by atoms with Crippen LogP contribution < -0.4 is 10.2 Å². The highest BCUT2D eigenvalue weighted by atomic mass is 35.5. The Hall–Kier alpha value is -2.75. The molecule has 0 radical (unpaired) electrons. The molecule has 172 valence electrons. The standard InChI is InChI=1S/C22H21Cl2N5O3S/c23-17-4-1-14(2-5-17)11-20-26-22(33-27-20)28-9-7-15(8-10-28)13-25-21(30)16-3-6-18(24)19(12-16)29(31)32/h1-6,12,15H,7-11,13H2,(H,25,30). The van der Waals surface area contributed by atoms with Gasteiger partial charge in [0.05, 0.1) is 4.92 Å². The molecule has 1 amide bonds. The van der Waals surface area contributed by atoms with Gasteiger partial charge in [-0.15, -0.1) is 0 Å². The van der Waals surface area contributed by atoms with Crippen molar-refractivity contribution in [1.29, 1.82) is 0 Å². The Morgan fingerprint density at radius 1 is 1.18 bits per heavy atom. The van der Waals surface area contributed by atoms with Crippen molar-refractivity contribution in [3.63, 3.8) is 0 Å². The zero-order chi connectivity index (χ0) is 23.4. The SMILES string of the molecule is O=C(NCC1CCN(c2nc(Cc3ccc(Cl)cc3)ns2)CC1)c1ccc(Cl)c([N+](=O)[O-])c1. The fourth-order valence-electron chi connectivity index (χ4n) is 3.69. The molecule has 0 bridgehead atoms. The highest BCUT2D eigenvalue weighted by molar-refractivity contribution is 7.09. The van der Waals surface area contributed by atoms with Crippen molar-refractivity contribution >= 4 is 51.5 Å². The third kappa shape index (κ3) is 5.98. The van der Waals surface area contributed by atoms with Crippen molar-refractivity contribution in [1.82, 2.24) is 14.7 Å². The molecule has 1 aromatic heterocycles. The van der Waals surface area contributed by atoms with E-state index in [0.717, 1.165) is 42.5 Å². The third-order valence-corrected chi connectivity index (χ3v) is 6.96. The minimum atomic E-state index is -0.594. The zero-order valence-electron chi connectivity index (χ0n) is 17.5. The number of hydrogen-bond acceptors (Lipinski definition) is 7. The Bertz CT molecular complexity index is 1150. The maximum Gasteiger partial charge on any atom is 0.288 e. The van der Waals surface area contributed by atoms with E-state index in [2.05, 4.69) is 19.6 Å². The summed E-state index contributed by atoms with van der Waals surface area (Å²) in [5, 5.41) is 15.5. The average molecular weight is 506 g/mol. The molecule has 2 heterocycles. The van der Waals surface area contributed by atoms with E-state index in [9.17, 15) is 14.9 Å². The van der Waals surface area contributed by atoms with Gasteiger partial charge < -0.3 is 10.2 Å². The number of benzene rings is 2. The minimum absolute atomic E-state index is 0.0110. The van der Waals surface area contributed by atoms with Crippen LogP contribution in [0.1, 0.15) is 34.6 Å². The molecule has 0 spiro atoms. The van der Waals surface area contributed by atoms with Crippen LogP contribution in [0, 0.1) is 16.0 Å². The first-order chi connectivity index (χ1) is 15.9. The fourth-order valence-corrected chi connectivity index (χ4v) is 4.74. The Labute approximate surface area is 204 Å². The molecular formula is C22H21Cl2N5O3S. The number of carbonyl (C=O) groups is 1. The van der Waals surface area contributed by atoms with Crippen LogP contribution in [-0.2, 0) is 6.42 Å². The Morgan fingerprint density at radius 3 is 2.61 bits per heavy atom. The highest BCUT2D eigenvalue weighted by Crippen LogP contribution is 2.27. The second-order valence-corrected chi connectivity index (χ2v) is 9.43. The van der Waals surface area contributed by atoms with Crippen LogP contribution in [0.5, 0.6) is 0 Å². The van der Waals surface area contributed by atoms with Crippen LogP contribution in [0.4, 0.5) is 10.8 Å². The number of nitrogens with one attached hydrogen (secondary N) is 1. The number of aromatic nitrogens is 2. The van der Waals surface area contributed by atoms with Crippen LogP contribution >= 0.6 is 34.7 Å². The lowest BCUT2D eigenvalue weighted by Gasteiger charge is -2.31. The zero-order valence-corrected chi connectivity index (χ0v) is 19.9. The maximum atomic E-state index is 12.4. The molecule has 8 nitrogen and oxygen atoms in total. The van der Waals surface area contributed by atoms with E-state index >= 15 is 0 Å². The second kappa shape index (κ2) is 10.5. The molecule has 2 aromatic carbocycles. The van der Waals surface area contributed by atoms with Gasteiger partial charge in [-0.3, -0.25) is 14.9 Å². The van der Waals surface area contributed by atoms with Crippen molar-refractivity contribution in [2.24, 2.45) is 5.92 Å². The van der Waals surface area contributed by atoms with Crippen LogP contribution in [0.2, 0.25) is 10.0 Å². The van der Waals surface area contributed by atoms with Gasteiger partial charge in [0.25, 0.3) is 11.6 Å². The molecular weight excluding hydrogens is 485 g/mol. The first-order valence-electron chi connectivity index (χ1n) is 10.4. The number of anilines is 1. The van der Waals surface area contributed by atoms with Crippen LogP contribution in [0.15, 0.2) is 42.5 Å². The van der Waals surface area contributed by atoms with Crippen LogP contribution in [-0.4, -0.2) is 39.8 Å². The molecule has 1 fully saturated rings. The largest absolute Gasteiger partial charge is 0.352 e. The first-order valence-corrected chi connectivity index (χ1v) is 12.0. The fraction of sp³-hybridized carbons (Fsp3) is 0.318. The number of nitro groups is 1. The summed E-state index contributed by atoms with van der Waals surface area (Å²) in [5.74, 6) is 0.783. The van der Waals surface area contributed by atoms with E-state index in [1.807, 2.05) is 24.3 Å². The third-order valence-electron chi connectivity index (χ3n) is 5.57. The molecule has 1 aliphatic heterocycles. The van der Waals surface area contributed by atoms with Crippen molar-refractivity contribution in [3.05, 3.63) is 79.6 Å². The number of piperidine rings is 1. The van der Waals surface area contributed by atoms with Gasteiger partial charge >= 0.3 is 0 Å². The number of carbonyl (C=O) groups excluding carboxylic acids is 1. The Kier molecular flexibility index (Phi) is 7.42. The van der Waals surface area contributed by atoms with Crippen molar-refractivity contribution in [3.8, 4) is 0 Å². The lowest BCUT2D eigenvalue weighted by Crippen LogP contribution is -2.38. The van der Waals surface area contributed by atoms with Gasteiger partial charge in [0.15, 0.2) is 0 Å². The summed E-state index contributed by atoms with van der Waals surface area (Å²) in [7, 11) is 0. The molecule has 0 unspecified atom stereocenters. The predicted octanol–water partition coefficient (Wildman–Crippen LogP) is 4.99. The molecule has 1 aliphatic rings. The maximum absolute atomic E-state index is 12.4. The molecule has 3 aromatic rings. The molecule has 0 aliphatic carbocycles. The van der Waals surface area contributed by atoms with Gasteiger partial charge in [-0.25, -0.2) is 4.98 Å². The molecule has 11 heteroatoms. The lowest BCUT2D eigenvalue weighted by molar-refractivity contribution is -0.384. The average Bonchev–Trinajstić information content (AvgIpc) is 3.28. The number of hydrogen-bond donors (Lipinski definition) is 1. The molecule has 1 N–H and O–H groups in total. The highest BCUT2D eigenvalue weighted by Gasteiger charge is 2.23. The van der Waals surface area contributed by atoms with Crippen molar-refractivity contribution in [2.45, 2.75) is 19.3 Å². The summed E-state index contributed by atoms with van der Waals surface area (Å²) in [6.45, 7) is 2.19. The normalized spacial score (nSPS) is 14.3. The summed E-state index contributed by atoms with van der Waals surface area (Å²) >= 11 is 13.2. The quantitative estimate of drug-likeness (QED) is 0.358. The van der Waals surface area contributed by atoms with Gasteiger partial charge in [-0.1, -0.05) is 35.3 Å². The molecule has 0 saturated carbocycles. The Balaban J connectivity index is 1.26. The van der Waals surface area contributed by atoms with E-state index in [-0.39, 0.29) is 22.2 Å². The topological polar surface area (TPSA) is 101 Å². The Morgan fingerprint density at radius 2 is 1.91 bits per heavy atom.